The van der Waals surface area contributed by atoms with E-state index < -0.39 is 0 Å². The van der Waals surface area contributed by atoms with Crippen molar-refractivity contribution in [3.63, 3.8) is 0 Å². The molecule has 0 unspecified atom stereocenters. The minimum atomic E-state index is -0.356. The van der Waals surface area contributed by atoms with Crippen LogP contribution in [0.15, 0.2) is 35.9 Å². The molecule has 1 N–H and O–H groups in total. The molecule has 6 heteroatoms. The standard InChI is InChI=1S/C18H23N3O3/c1-13(18(24)21-10-8-20(3)9-11-21)12-17(23)19-16-6-4-15(5-7-16)14(2)22/h4-7,12H,8-11H2,1-3H3,(H,19,23)/b13-12-. The molecule has 0 aliphatic carbocycles. The Morgan fingerprint density at radius 2 is 1.58 bits per heavy atom. The molecule has 1 fully saturated rings. The van der Waals surface area contributed by atoms with Gasteiger partial charge in [-0.15, -0.1) is 0 Å². The van der Waals surface area contributed by atoms with Crippen LogP contribution in [0.3, 0.4) is 0 Å². The molecule has 0 atom stereocenters. The summed E-state index contributed by atoms with van der Waals surface area (Å²) >= 11 is 0. The lowest BCUT2D eigenvalue weighted by molar-refractivity contribution is -0.128. The number of anilines is 1. The van der Waals surface area contributed by atoms with Crippen molar-refractivity contribution in [1.29, 1.82) is 0 Å². The van der Waals surface area contributed by atoms with Crippen LogP contribution in [0.5, 0.6) is 0 Å². The molecule has 2 rings (SSSR count). The summed E-state index contributed by atoms with van der Waals surface area (Å²) in [7, 11) is 2.02. The zero-order valence-corrected chi connectivity index (χ0v) is 14.3. The molecular weight excluding hydrogens is 306 g/mol. The topological polar surface area (TPSA) is 69.7 Å². The number of Topliss-reactive ketones (excluding diaryl/α,β-unsaturated/α-hetero) is 1. The van der Waals surface area contributed by atoms with Gasteiger partial charge in [0.05, 0.1) is 0 Å². The molecule has 1 aliphatic heterocycles. The molecule has 1 aromatic rings. The molecule has 0 radical (unpaired) electrons. The third-order valence-corrected chi connectivity index (χ3v) is 4.03. The molecule has 0 bridgehead atoms. The first-order valence-electron chi connectivity index (χ1n) is 7.95. The van der Waals surface area contributed by atoms with Gasteiger partial charge in [-0.2, -0.15) is 0 Å². The second kappa shape index (κ2) is 7.88. The van der Waals surface area contributed by atoms with Crippen molar-refractivity contribution in [2.45, 2.75) is 13.8 Å². The summed E-state index contributed by atoms with van der Waals surface area (Å²) in [5.41, 5.74) is 1.59. The highest BCUT2D eigenvalue weighted by molar-refractivity contribution is 6.06. The normalized spacial score (nSPS) is 16.0. The molecule has 1 saturated heterocycles. The van der Waals surface area contributed by atoms with Gasteiger partial charge >= 0.3 is 0 Å². The largest absolute Gasteiger partial charge is 0.336 e. The van der Waals surface area contributed by atoms with E-state index in [0.29, 0.717) is 29.9 Å². The fourth-order valence-corrected chi connectivity index (χ4v) is 2.48. The van der Waals surface area contributed by atoms with E-state index in [4.69, 9.17) is 0 Å². The summed E-state index contributed by atoms with van der Waals surface area (Å²) in [5, 5.41) is 2.70. The third-order valence-electron chi connectivity index (χ3n) is 4.03. The SMILES string of the molecule is CC(=O)c1ccc(NC(=O)/C=C(/C)C(=O)N2CCN(C)CC2)cc1. The number of likely N-dealkylation sites (N-methyl/N-ethyl adjacent to an activating group) is 1. The highest BCUT2D eigenvalue weighted by Gasteiger charge is 2.20. The number of amides is 2. The number of piperazine rings is 1. The van der Waals surface area contributed by atoms with E-state index in [9.17, 15) is 14.4 Å². The van der Waals surface area contributed by atoms with Gasteiger partial charge in [-0.3, -0.25) is 14.4 Å². The van der Waals surface area contributed by atoms with Crippen LogP contribution in [0, 0.1) is 0 Å². The van der Waals surface area contributed by atoms with E-state index in [1.165, 1.54) is 13.0 Å². The van der Waals surface area contributed by atoms with Crippen LogP contribution < -0.4 is 5.32 Å². The van der Waals surface area contributed by atoms with Crippen LogP contribution in [0.1, 0.15) is 24.2 Å². The number of hydrogen-bond donors (Lipinski definition) is 1. The zero-order chi connectivity index (χ0) is 17.7. The number of hydrogen-bond acceptors (Lipinski definition) is 4. The first-order chi connectivity index (χ1) is 11.4. The van der Waals surface area contributed by atoms with E-state index in [1.807, 2.05) is 7.05 Å². The van der Waals surface area contributed by atoms with Crippen molar-refractivity contribution in [2.75, 3.05) is 38.5 Å². The fourth-order valence-electron chi connectivity index (χ4n) is 2.48. The highest BCUT2D eigenvalue weighted by atomic mass is 16.2. The summed E-state index contributed by atoms with van der Waals surface area (Å²) in [4.78, 5) is 39.5. The van der Waals surface area contributed by atoms with Crippen LogP contribution in [-0.4, -0.2) is 60.6 Å². The quantitative estimate of drug-likeness (QED) is 0.672. The Labute approximate surface area is 142 Å². The van der Waals surface area contributed by atoms with Gasteiger partial charge in [0.15, 0.2) is 5.78 Å². The molecule has 24 heavy (non-hydrogen) atoms. The summed E-state index contributed by atoms with van der Waals surface area (Å²) in [6.07, 6.45) is 1.32. The first-order valence-corrected chi connectivity index (χ1v) is 7.95. The number of carbonyl (C=O) groups is 3. The minimum Gasteiger partial charge on any atom is -0.336 e. The van der Waals surface area contributed by atoms with Gasteiger partial charge in [0.1, 0.15) is 0 Å². The molecule has 0 spiro atoms. The van der Waals surface area contributed by atoms with Crippen molar-refractivity contribution in [1.82, 2.24) is 9.80 Å². The number of nitrogens with one attached hydrogen (secondary N) is 1. The Hall–Kier alpha value is -2.47. The van der Waals surface area contributed by atoms with Crippen molar-refractivity contribution in [3.8, 4) is 0 Å². The Morgan fingerprint density at radius 3 is 2.12 bits per heavy atom. The molecule has 2 amide bonds. The zero-order valence-electron chi connectivity index (χ0n) is 14.3. The third kappa shape index (κ3) is 4.76. The van der Waals surface area contributed by atoms with E-state index in [2.05, 4.69) is 10.2 Å². The maximum Gasteiger partial charge on any atom is 0.249 e. The number of rotatable bonds is 4. The van der Waals surface area contributed by atoms with Gasteiger partial charge in [-0.05, 0) is 45.2 Å². The second-order valence-electron chi connectivity index (χ2n) is 6.05. The van der Waals surface area contributed by atoms with Gasteiger partial charge in [-0.25, -0.2) is 0 Å². The molecule has 6 nitrogen and oxygen atoms in total. The van der Waals surface area contributed by atoms with Crippen molar-refractivity contribution >= 4 is 23.3 Å². The van der Waals surface area contributed by atoms with Crippen molar-refractivity contribution in [3.05, 3.63) is 41.5 Å². The van der Waals surface area contributed by atoms with E-state index in [1.54, 1.807) is 36.1 Å². The van der Waals surface area contributed by atoms with Gasteiger partial charge < -0.3 is 15.1 Å². The number of carbonyl (C=O) groups excluding carboxylic acids is 3. The van der Waals surface area contributed by atoms with Gasteiger partial charge in [0.2, 0.25) is 11.8 Å². The van der Waals surface area contributed by atoms with E-state index >= 15 is 0 Å². The van der Waals surface area contributed by atoms with Gasteiger partial charge in [-0.1, -0.05) is 0 Å². The Morgan fingerprint density at radius 1 is 1.00 bits per heavy atom. The van der Waals surface area contributed by atoms with Crippen LogP contribution in [-0.2, 0) is 9.59 Å². The van der Waals surface area contributed by atoms with Crippen molar-refractivity contribution < 1.29 is 14.4 Å². The number of benzene rings is 1. The molecule has 1 aliphatic rings. The van der Waals surface area contributed by atoms with Gasteiger partial charge in [0.25, 0.3) is 0 Å². The number of nitrogens with zero attached hydrogens (tertiary/aromatic N) is 2. The Bertz CT molecular complexity index is 657. The smallest absolute Gasteiger partial charge is 0.249 e. The maximum atomic E-state index is 12.3. The molecular formula is C18H23N3O3. The summed E-state index contributed by atoms with van der Waals surface area (Å²) < 4.78 is 0. The summed E-state index contributed by atoms with van der Waals surface area (Å²) in [5.74, 6) is -0.489. The summed E-state index contributed by atoms with van der Waals surface area (Å²) in [6.45, 7) is 6.17. The van der Waals surface area contributed by atoms with Crippen LogP contribution in [0.25, 0.3) is 0 Å². The van der Waals surface area contributed by atoms with Crippen LogP contribution in [0.4, 0.5) is 5.69 Å². The van der Waals surface area contributed by atoms with Crippen molar-refractivity contribution in [2.24, 2.45) is 0 Å². The average Bonchev–Trinajstić information content (AvgIpc) is 2.55. The summed E-state index contributed by atoms with van der Waals surface area (Å²) in [6, 6.07) is 6.65. The maximum absolute atomic E-state index is 12.3. The predicted molar refractivity (Wildman–Crippen MR) is 92.9 cm³/mol. The van der Waals surface area contributed by atoms with Crippen LogP contribution >= 0.6 is 0 Å². The lowest BCUT2D eigenvalue weighted by Gasteiger charge is -2.32. The first kappa shape index (κ1) is 17.9. The van der Waals surface area contributed by atoms with Gasteiger partial charge in [0, 0.05) is 49.1 Å². The second-order valence-corrected chi connectivity index (χ2v) is 6.05. The lowest BCUT2D eigenvalue weighted by atomic mass is 10.1. The predicted octanol–water partition coefficient (Wildman–Crippen LogP) is 1.55. The van der Waals surface area contributed by atoms with Crippen LogP contribution in [0.2, 0.25) is 0 Å². The monoisotopic (exact) mass is 329 g/mol. The molecule has 1 aromatic carbocycles. The lowest BCUT2D eigenvalue weighted by Crippen LogP contribution is -2.47. The van der Waals surface area contributed by atoms with E-state index in [0.717, 1.165) is 13.1 Å². The Balaban J connectivity index is 1.95. The minimum absolute atomic E-state index is 0.0265. The average molecular weight is 329 g/mol. The fraction of sp³-hybridized carbons (Fsp3) is 0.389. The number of ketones is 1. The molecule has 1 heterocycles. The Kier molecular flexibility index (Phi) is 5.87. The molecule has 128 valence electrons. The highest BCUT2D eigenvalue weighted by Crippen LogP contribution is 2.11. The van der Waals surface area contributed by atoms with E-state index in [-0.39, 0.29) is 17.6 Å². The molecule has 0 aromatic heterocycles. The molecule has 0 saturated carbocycles.